The van der Waals surface area contributed by atoms with Gasteiger partial charge < -0.3 is 14.2 Å². The van der Waals surface area contributed by atoms with Crippen LogP contribution >= 0.6 is 0 Å². The molecule has 1 N–H and O–H groups in total. The Hall–Kier alpha value is -3.25. The molecule has 4 atom stereocenters. The van der Waals surface area contributed by atoms with Crippen LogP contribution in [0.2, 0.25) is 0 Å². The van der Waals surface area contributed by atoms with E-state index in [9.17, 15) is 8.42 Å². The summed E-state index contributed by atoms with van der Waals surface area (Å²) in [5.74, 6) is 1.45. The standard InChI is InChI=1S/C24H32N6O5S/c1-14-12-25-22(26-13-14)15(2)17(4)36(31,32)29-24-28-27-23(18-10-11-35-16(18)3)30(24)21-19(33-5)8-7-9-20(21)34-6/h7-9,12-13,15-18H,10-11H2,1-6H3,(H,28,29)/t15-,16+,17-,18+/m0/s1. The molecule has 4 rings (SSSR count). The second kappa shape index (κ2) is 10.4. The van der Waals surface area contributed by atoms with Crippen molar-refractivity contribution in [3.05, 3.63) is 47.8 Å². The third kappa shape index (κ3) is 4.87. The number of hydrogen-bond acceptors (Lipinski definition) is 9. The number of nitrogens with zero attached hydrogens (tertiary/aromatic N) is 5. The van der Waals surface area contributed by atoms with E-state index in [2.05, 4.69) is 24.9 Å². The molecule has 194 valence electrons. The summed E-state index contributed by atoms with van der Waals surface area (Å²) in [7, 11) is -0.849. The van der Waals surface area contributed by atoms with Gasteiger partial charge in [0.1, 0.15) is 28.8 Å². The Labute approximate surface area is 211 Å². The summed E-state index contributed by atoms with van der Waals surface area (Å²) in [5, 5.41) is 7.80. The minimum absolute atomic E-state index is 0.0378. The molecule has 1 saturated heterocycles. The molecule has 0 aliphatic carbocycles. The Bertz CT molecular complexity index is 1290. The third-order valence-corrected chi connectivity index (χ3v) is 8.51. The number of methoxy groups -OCH3 is 2. The summed E-state index contributed by atoms with van der Waals surface area (Å²) < 4.78 is 48.4. The molecule has 1 fully saturated rings. The van der Waals surface area contributed by atoms with Gasteiger partial charge in [-0.05, 0) is 44.9 Å². The first-order chi connectivity index (χ1) is 17.2. The number of para-hydroxylation sites is 1. The van der Waals surface area contributed by atoms with Crippen LogP contribution in [0, 0.1) is 6.92 Å². The Morgan fingerprint density at radius 3 is 2.31 bits per heavy atom. The topological polar surface area (TPSA) is 130 Å². The summed E-state index contributed by atoms with van der Waals surface area (Å²) in [4.78, 5) is 8.62. The highest BCUT2D eigenvalue weighted by molar-refractivity contribution is 7.93. The van der Waals surface area contributed by atoms with Crippen LogP contribution in [0.1, 0.15) is 56.2 Å². The van der Waals surface area contributed by atoms with Crippen LogP contribution < -0.4 is 14.2 Å². The van der Waals surface area contributed by atoms with Gasteiger partial charge >= 0.3 is 0 Å². The van der Waals surface area contributed by atoms with E-state index in [0.717, 1.165) is 12.0 Å². The Morgan fingerprint density at radius 2 is 1.75 bits per heavy atom. The summed E-state index contributed by atoms with van der Waals surface area (Å²) >= 11 is 0. The van der Waals surface area contributed by atoms with Crippen LogP contribution in [-0.2, 0) is 14.8 Å². The predicted molar refractivity (Wildman–Crippen MR) is 134 cm³/mol. The molecule has 36 heavy (non-hydrogen) atoms. The average molecular weight is 517 g/mol. The van der Waals surface area contributed by atoms with Crippen LogP contribution in [0.5, 0.6) is 11.5 Å². The average Bonchev–Trinajstić information content (AvgIpc) is 3.47. The van der Waals surface area contributed by atoms with Crippen molar-refractivity contribution in [3.63, 3.8) is 0 Å². The largest absolute Gasteiger partial charge is 0.494 e. The van der Waals surface area contributed by atoms with Crippen molar-refractivity contribution < 1.29 is 22.6 Å². The molecule has 3 heterocycles. The maximum Gasteiger partial charge on any atom is 0.243 e. The van der Waals surface area contributed by atoms with Crippen molar-refractivity contribution in [1.29, 1.82) is 0 Å². The number of aryl methyl sites for hydroxylation is 1. The highest BCUT2D eigenvalue weighted by Crippen LogP contribution is 2.39. The van der Waals surface area contributed by atoms with Gasteiger partial charge in [-0.15, -0.1) is 10.2 Å². The van der Waals surface area contributed by atoms with Crippen molar-refractivity contribution in [2.75, 3.05) is 25.5 Å². The fourth-order valence-corrected chi connectivity index (χ4v) is 5.51. The van der Waals surface area contributed by atoms with E-state index in [-0.39, 0.29) is 18.0 Å². The molecule has 12 heteroatoms. The Morgan fingerprint density at radius 1 is 1.11 bits per heavy atom. The van der Waals surface area contributed by atoms with Crippen molar-refractivity contribution in [2.45, 2.75) is 57.3 Å². The molecule has 1 aromatic carbocycles. The fourth-order valence-electron chi connectivity index (χ4n) is 4.28. The van der Waals surface area contributed by atoms with E-state index < -0.39 is 21.2 Å². The second-order valence-electron chi connectivity index (χ2n) is 8.96. The molecular formula is C24H32N6O5S. The van der Waals surface area contributed by atoms with Gasteiger partial charge in [0.2, 0.25) is 16.0 Å². The van der Waals surface area contributed by atoms with Crippen molar-refractivity contribution in [3.8, 4) is 17.2 Å². The maximum atomic E-state index is 13.5. The normalized spacial score (nSPS) is 19.6. The number of sulfonamides is 1. The molecule has 1 aliphatic heterocycles. The van der Waals surface area contributed by atoms with Crippen molar-refractivity contribution in [2.24, 2.45) is 0 Å². The lowest BCUT2D eigenvalue weighted by molar-refractivity contribution is 0.117. The SMILES string of the molecule is COc1cccc(OC)c1-n1c(NS(=O)(=O)[C@@H](C)[C@H](C)c2ncc(C)cn2)nnc1[C@@H]1CCO[C@@H]1C. The van der Waals surface area contributed by atoms with Crippen molar-refractivity contribution in [1.82, 2.24) is 24.7 Å². The molecule has 0 unspecified atom stereocenters. The van der Waals surface area contributed by atoms with E-state index in [1.54, 1.807) is 63.2 Å². The first-order valence-electron chi connectivity index (χ1n) is 11.8. The highest BCUT2D eigenvalue weighted by Gasteiger charge is 2.36. The smallest absolute Gasteiger partial charge is 0.243 e. The Kier molecular flexibility index (Phi) is 7.46. The minimum Gasteiger partial charge on any atom is -0.494 e. The van der Waals surface area contributed by atoms with E-state index in [1.165, 1.54) is 0 Å². The third-order valence-electron chi connectivity index (χ3n) is 6.66. The van der Waals surface area contributed by atoms with E-state index in [0.29, 0.717) is 35.4 Å². The predicted octanol–water partition coefficient (Wildman–Crippen LogP) is 3.21. The maximum absolute atomic E-state index is 13.5. The molecule has 1 aliphatic rings. The zero-order valence-electron chi connectivity index (χ0n) is 21.3. The quantitative estimate of drug-likeness (QED) is 0.455. The zero-order chi connectivity index (χ0) is 26.0. The number of rotatable bonds is 9. The summed E-state index contributed by atoms with van der Waals surface area (Å²) in [6.45, 7) is 7.82. The molecular weight excluding hydrogens is 484 g/mol. The fraction of sp³-hybridized carbons (Fsp3) is 0.500. The Balaban J connectivity index is 1.78. The van der Waals surface area contributed by atoms with E-state index in [1.807, 2.05) is 13.8 Å². The van der Waals surface area contributed by atoms with Gasteiger partial charge in [-0.2, -0.15) is 0 Å². The monoisotopic (exact) mass is 516 g/mol. The van der Waals surface area contributed by atoms with Gasteiger partial charge in [0.15, 0.2) is 0 Å². The molecule has 0 amide bonds. The number of nitrogens with one attached hydrogen (secondary N) is 1. The molecule has 0 saturated carbocycles. The van der Waals surface area contributed by atoms with Crippen molar-refractivity contribution >= 4 is 16.0 Å². The van der Waals surface area contributed by atoms with Gasteiger partial charge in [-0.25, -0.2) is 18.4 Å². The number of ether oxygens (including phenoxy) is 3. The molecule has 0 bridgehead atoms. The first-order valence-corrected chi connectivity index (χ1v) is 13.3. The first kappa shape index (κ1) is 25.8. The molecule has 11 nitrogen and oxygen atoms in total. The second-order valence-corrected chi connectivity index (χ2v) is 11.0. The van der Waals surface area contributed by atoms with Gasteiger partial charge in [0.05, 0.1) is 25.6 Å². The number of benzene rings is 1. The molecule has 3 aromatic rings. The lowest BCUT2D eigenvalue weighted by Crippen LogP contribution is -2.31. The zero-order valence-corrected chi connectivity index (χ0v) is 22.1. The van der Waals surface area contributed by atoms with Crippen LogP contribution in [-0.4, -0.2) is 65.3 Å². The number of aromatic nitrogens is 5. The summed E-state index contributed by atoms with van der Waals surface area (Å²) in [6.07, 6.45) is 3.96. The number of hydrogen-bond donors (Lipinski definition) is 1. The summed E-state index contributed by atoms with van der Waals surface area (Å²) in [5.41, 5.74) is 1.40. The highest BCUT2D eigenvalue weighted by atomic mass is 32.2. The van der Waals surface area contributed by atoms with Gasteiger partial charge in [-0.3, -0.25) is 9.29 Å². The van der Waals surface area contributed by atoms with Crippen LogP contribution in [0.25, 0.3) is 5.69 Å². The van der Waals surface area contributed by atoms with E-state index >= 15 is 0 Å². The van der Waals surface area contributed by atoms with Gasteiger partial charge in [0.25, 0.3) is 0 Å². The summed E-state index contributed by atoms with van der Waals surface area (Å²) in [6, 6.07) is 5.34. The lowest BCUT2D eigenvalue weighted by Gasteiger charge is -2.22. The number of anilines is 1. The molecule has 2 aromatic heterocycles. The van der Waals surface area contributed by atoms with Crippen LogP contribution in [0.3, 0.4) is 0 Å². The van der Waals surface area contributed by atoms with Crippen LogP contribution in [0.15, 0.2) is 30.6 Å². The van der Waals surface area contributed by atoms with Gasteiger partial charge in [-0.1, -0.05) is 13.0 Å². The van der Waals surface area contributed by atoms with E-state index in [4.69, 9.17) is 14.2 Å². The van der Waals surface area contributed by atoms with Gasteiger partial charge in [0, 0.05) is 30.8 Å². The minimum atomic E-state index is -3.93. The molecule has 0 radical (unpaired) electrons. The molecule has 0 spiro atoms. The lowest BCUT2D eigenvalue weighted by atomic mass is 10.0. The van der Waals surface area contributed by atoms with Crippen LogP contribution in [0.4, 0.5) is 5.95 Å².